The second-order valence-electron chi connectivity index (χ2n) is 6.16. The minimum Gasteiger partial charge on any atom is -0.444 e. The average molecular weight is 242 g/mol. The van der Waals surface area contributed by atoms with E-state index in [1.165, 1.54) is 0 Å². The molecule has 1 heterocycles. The Morgan fingerprint density at radius 1 is 1.47 bits per heavy atom. The highest BCUT2D eigenvalue weighted by Crippen LogP contribution is 2.21. The zero-order chi connectivity index (χ0) is 13.1. The Morgan fingerprint density at radius 3 is 2.65 bits per heavy atom. The third-order valence-corrected chi connectivity index (χ3v) is 3.03. The lowest BCUT2D eigenvalue weighted by Gasteiger charge is -2.24. The maximum Gasteiger partial charge on any atom is 0.407 e. The number of carbonyl (C=O) groups is 1. The molecule has 0 radical (unpaired) electrons. The topological polar surface area (TPSA) is 50.4 Å². The fourth-order valence-corrected chi connectivity index (χ4v) is 2.32. The van der Waals surface area contributed by atoms with Crippen LogP contribution in [0.1, 0.15) is 41.0 Å². The lowest BCUT2D eigenvalue weighted by Crippen LogP contribution is -2.40. The lowest BCUT2D eigenvalue weighted by atomic mass is 9.92. The summed E-state index contributed by atoms with van der Waals surface area (Å²) in [6, 6.07) is 0.505. The number of hydrogen-bond donors (Lipinski definition) is 2. The molecule has 1 amide bonds. The molecule has 1 aliphatic heterocycles. The van der Waals surface area contributed by atoms with Crippen LogP contribution >= 0.6 is 0 Å². The van der Waals surface area contributed by atoms with Gasteiger partial charge in [-0.05, 0) is 45.6 Å². The summed E-state index contributed by atoms with van der Waals surface area (Å²) in [4.78, 5) is 11.5. The molecular weight excluding hydrogens is 216 g/mol. The highest BCUT2D eigenvalue weighted by Gasteiger charge is 2.29. The molecule has 1 fully saturated rings. The van der Waals surface area contributed by atoms with Gasteiger partial charge in [0.15, 0.2) is 0 Å². The summed E-state index contributed by atoms with van der Waals surface area (Å²) >= 11 is 0. The quantitative estimate of drug-likeness (QED) is 0.797. The first-order valence-electron chi connectivity index (χ1n) is 6.50. The molecule has 0 aromatic rings. The van der Waals surface area contributed by atoms with Crippen LogP contribution in [0.2, 0.25) is 0 Å². The van der Waals surface area contributed by atoms with E-state index in [-0.39, 0.29) is 6.09 Å². The van der Waals surface area contributed by atoms with Gasteiger partial charge in [-0.1, -0.05) is 13.8 Å². The van der Waals surface area contributed by atoms with Crippen molar-refractivity contribution < 1.29 is 9.53 Å². The van der Waals surface area contributed by atoms with Crippen molar-refractivity contribution in [1.29, 1.82) is 0 Å². The molecule has 2 atom stereocenters. The van der Waals surface area contributed by atoms with E-state index in [1.807, 2.05) is 20.8 Å². The monoisotopic (exact) mass is 242 g/mol. The number of ether oxygens (including phenoxy) is 1. The van der Waals surface area contributed by atoms with E-state index in [9.17, 15) is 4.79 Å². The van der Waals surface area contributed by atoms with Crippen LogP contribution in [-0.2, 0) is 4.74 Å². The summed E-state index contributed by atoms with van der Waals surface area (Å²) in [6.07, 6.45) is 0.811. The Balaban J connectivity index is 2.33. The van der Waals surface area contributed by atoms with Crippen LogP contribution in [0, 0.1) is 11.8 Å². The minimum absolute atomic E-state index is 0.313. The third-order valence-electron chi connectivity index (χ3n) is 3.03. The van der Waals surface area contributed by atoms with Crippen molar-refractivity contribution in [3.63, 3.8) is 0 Å². The Labute approximate surface area is 104 Å². The van der Waals surface area contributed by atoms with Gasteiger partial charge in [0.05, 0.1) is 0 Å². The van der Waals surface area contributed by atoms with E-state index in [4.69, 9.17) is 4.74 Å². The van der Waals surface area contributed by atoms with E-state index in [0.29, 0.717) is 24.4 Å². The van der Waals surface area contributed by atoms with Crippen LogP contribution in [-0.4, -0.2) is 30.8 Å². The lowest BCUT2D eigenvalue weighted by molar-refractivity contribution is 0.0516. The summed E-state index contributed by atoms with van der Waals surface area (Å²) in [5.74, 6) is 1.12. The van der Waals surface area contributed by atoms with Crippen molar-refractivity contribution in [2.45, 2.75) is 52.7 Å². The van der Waals surface area contributed by atoms with Crippen molar-refractivity contribution in [2.75, 3.05) is 13.1 Å². The summed E-state index contributed by atoms with van der Waals surface area (Å²) in [6.45, 7) is 11.8. The molecule has 0 aromatic carbocycles. The van der Waals surface area contributed by atoms with Crippen molar-refractivity contribution in [2.24, 2.45) is 11.8 Å². The molecule has 1 aliphatic rings. The summed E-state index contributed by atoms with van der Waals surface area (Å²) < 4.78 is 5.22. The standard InChI is InChI=1S/C13H26N2O2/c1-9(2)11-10(6-7-14-11)8-15-12(16)17-13(3,4)5/h9-11,14H,6-8H2,1-5H3,(H,15,16). The Morgan fingerprint density at radius 2 is 2.12 bits per heavy atom. The molecule has 0 aromatic heterocycles. The van der Waals surface area contributed by atoms with Crippen molar-refractivity contribution in [3.8, 4) is 0 Å². The first-order valence-corrected chi connectivity index (χ1v) is 6.50. The van der Waals surface area contributed by atoms with Gasteiger partial charge in [-0.15, -0.1) is 0 Å². The number of rotatable bonds is 3. The molecule has 100 valence electrons. The second kappa shape index (κ2) is 5.71. The van der Waals surface area contributed by atoms with Crippen LogP contribution in [0.15, 0.2) is 0 Å². The molecule has 0 aliphatic carbocycles. The van der Waals surface area contributed by atoms with E-state index >= 15 is 0 Å². The summed E-state index contributed by atoms with van der Waals surface area (Å²) in [7, 11) is 0. The van der Waals surface area contributed by atoms with E-state index in [2.05, 4.69) is 24.5 Å². The highest BCUT2D eigenvalue weighted by atomic mass is 16.6. The van der Waals surface area contributed by atoms with Gasteiger partial charge in [-0.3, -0.25) is 0 Å². The number of amides is 1. The normalized spacial score (nSPS) is 25.1. The Bertz CT molecular complexity index is 259. The number of alkyl carbamates (subject to hydrolysis) is 1. The molecule has 0 saturated carbocycles. The third kappa shape index (κ3) is 4.94. The molecule has 0 spiro atoms. The van der Waals surface area contributed by atoms with Gasteiger partial charge < -0.3 is 15.4 Å². The molecule has 17 heavy (non-hydrogen) atoms. The zero-order valence-electron chi connectivity index (χ0n) is 11.7. The van der Waals surface area contributed by atoms with Crippen molar-refractivity contribution in [1.82, 2.24) is 10.6 Å². The molecule has 1 saturated heterocycles. The maximum atomic E-state index is 11.5. The molecule has 4 nitrogen and oxygen atoms in total. The van der Waals surface area contributed by atoms with E-state index in [0.717, 1.165) is 13.0 Å². The first-order chi connectivity index (χ1) is 7.79. The largest absolute Gasteiger partial charge is 0.444 e. The highest BCUT2D eigenvalue weighted by molar-refractivity contribution is 5.67. The fraction of sp³-hybridized carbons (Fsp3) is 0.923. The Kier molecular flexibility index (Phi) is 4.80. The molecule has 2 unspecified atom stereocenters. The van der Waals surface area contributed by atoms with Gasteiger partial charge in [0, 0.05) is 12.6 Å². The van der Waals surface area contributed by atoms with Crippen LogP contribution in [0.3, 0.4) is 0 Å². The number of carbonyl (C=O) groups excluding carboxylic acids is 1. The zero-order valence-corrected chi connectivity index (χ0v) is 11.7. The molecular formula is C13H26N2O2. The van der Waals surface area contributed by atoms with Gasteiger partial charge >= 0.3 is 6.09 Å². The minimum atomic E-state index is -0.421. The predicted octanol–water partition coefficient (Wildman–Crippen LogP) is 2.15. The summed E-state index contributed by atoms with van der Waals surface area (Å²) in [5, 5.41) is 6.35. The van der Waals surface area contributed by atoms with Gasteiger partial charge in [0.25, 0.3) is 0 Å². The van der Waals surface area contributed by atoms with Crippen molar-refractivity contribution in [3.05, 3.63) is 0 Å². The smallest absolute Gasteiger partial charge is 0.407 e. The number of nitrogens with one attached hydrogen (secondary N) is 2. The summed E-state index contributed by atoms with van der Waals surface area (Å²) in [5.41, 5.74) is -0.421. The SMILES string of the molecule is CC(C)C1NCCC1CNC(=O)OC(C)(C)C. The average Bonchev–Trinajstić information content (AvgIpc) is 2.59. The van der Waals surface area contributed by atoms with E-state index in [1.54, 1.807) is 0 Å². The van der Waals surface area contributed by atoms with Crippen LogP contribution < -0.4 is 10.6 Å². The fourth-order valence-electron chi connectivity index (χ4n) is 2.32. The van der Waals surface area contributed by atoms with Gasteiger partial charge in [0.2, 0.25) is 0 Å². The molecule has 4 heteroatoms. The number of hydrogen-bond acceptors (Lipinski definition) is 3. The van der Waals surface area contributed by atoms with Crippen LogP contribution in [0.5, 0.6) is 0 Å². The van der Waals surface area contributed by atoms with Crippen LogP contribution in [0.4, 0.5) is 4.79 Å². The molecule has 0 bridgehead atoms. The maximum absolute atomic E-state index is 11.5. The Hall–Kier alpha value is -0.770. The van der Waals surface area contributed by atoms with Gasteiger partial charge in [0.1, 0.15) is 5.60 Å². The van der Waals surface area contributed by atoms with Crippen molar-refractivity contribution >= 4 is 6.09 Å². The van der Waals surface area contributed by atoms with Gasteiger partial charge in [-0.25, -0.2) is 4.79 Å². The van der Waals surface area contributed by atoms with E-state index < -0.39 is 5.60 Å². The first kappa shape index (κ1) is 14.3. The molecule has 1 rings (SSSR count). The predicted molar refractivity (Wildman–Crippen MR) is 69.0 cm³/mol. The van der Waals surface area contributed by atoms with Crippen LogP contribution in [0.25, 0.3) is 0 Å². The second-order valence-corrected chi connectivity index (χ2v) is 6.16. The van der Waals surface area contributed by atoms with Gasteiger partial charge in [-0.2, -0.15) is 0 Å². The molecule has 2 N–H and O–H groups in total.